The van der Waals surface area contributed by atoms with Crippen LogP contribution in [0.25, 0.3) is 0 Å². The number of nitrogens with two attached hydrogens (primary N) is 1. The van der Waals surface area contributed by atoms with Crippen molar-refractivity contribution in [1.29, 1.82) is 0 Å². The largest absolute Gasteiger partial charge is 0.378 e. The number of pyridine rings is 1. The quantitative estimate of drug-likeness (QED) is 0.890. The maximum absolute atomic E-state index is 12.0. The molecule has 2 rings (SSSR count). The summed E-state index contributed by atoms with van der Waals surface area (Å²) in [6.45, 7) is 0. The summed E-state index contributed by atoms with van der Waals surface area (Å²) in [4.78, 5) is 28.8. The first-order chi connectivity index (χ1) is 9.97. The van der Waals surface area contributed by atoms with Crippen LogP contribution in [0.2, 0.25) is 0 Å². The number of nitrogens with zero attached hydrogens (tertiary/aromatic N) is 2. The minimum atomic E-state index is -0.624. The highest BCUT2D eigenvalue weighted by Gasteiger charge is 2.08. The van der Waals surface area contributed by atoms with Crippen molar-refractivity contribution in [2.45, 2.75) is 0 Å². The highest BCUT2D eigenvalue weighted by molar-refractivity contribution is 6.04. The van der Waals surface area contributed by atoms with Gasteiger partial charge in [-0.1, -0.05) is 0 Å². The van der Waals surface area contributed by atoms with Crippen molar-refractivity contribution in [2.75, 3.05) is 24.3 Å². The van der Waals surface area contributed by atoms with Crippen LogP contribution in [0.5, 0.6) is 0 Å². The predicted molar refractivity (Wildman–Crippen MR) is 81.5 cm³/mol. The second-order valence-corrected chi connectivity index (χ2v) is 4.69. The maximum Gasteiger partial charge on any atom is 0.267 e. The average molecular weight is 284 g/mol. The van der Waals surface area contributed by atoms with Gasteiger partial charge in [-0.25, -0.2) is 0 Å². The van der Waals surface area contributed by atoms with Gasteiger partial charge in [-0.2, -0.15) is 0 Å². The molecule has 0 atom stereocenters. The first-order valence-corrected chi connectivity index (χ1v) is 6.32. The molecule has 0 aliphatic heterocycles. The Morgan fingerprint density at radius 1 is 1.10 bits per heavy atom. The second-order valence-electron chi connectivity index (χ2n) is 4.69. The van der Waals surface area contributed by atoms with Crippen molar-refractivity contribution in [3.05, 3.63) is 53.9 Å². The predicted octanol–water partition coefficient (Wildman–Crippen LogP) is 1.50. The fourth-order valence-electron chi connectivity index (χ4n) is 1.72. The van der Waals surface area contributed by atoms with E-state index in [2.05, 4.69) is 10.3 Å². The van der Waals surface area contributed by atoms with Crippen molar-refractivity contribution < 1.29 is 9.59 Å². The van der Waals surface area contributed by atoms with E-state index >= 15 is 0 Å². The zero-order valence-corrected chi connectivity index (χ0v) is 11.8. The summed E-state index contributed by atoms with van der Waals surface area (Å²) >= 11 is 0. The van der Waals surface area contributed by atoms with Gasteiger partial charge >= 0.3 is 0 Å². The summed E-state index contributed by atoms with van der Waals surface area (Å²) in [7, 11) is 3.89. The van der Waals surface area contributed by atoms with Crippen LogP contribution < -0.4 is 16.0 Å². The van der Waals surface area contributed by atoms with E-state index in [0.29, 0.717) is 11.3 Å². The molecule has 1 heterocycles. The number of rotatable bonds is 4. The third kappa shape index (κ3) is 3.56. The molecule has 0 aliphatic rings. The molecule has 2 amide bonds. The molecule has 0 saturated carbocycles. The molecule has 0 fully saturated rings. The van der Waals surface area contributed by atoms with E-state index in [-0.39, 0.29) is 11.6 Å². The summed E-state index contributed by atoms with van der Waals surface area (Å²) in [5.74, 6) is -0.919. The van der Waals surface area contributed by atoms with Crippen LogP contribution >= 0.6 is 0 Å². The van der Waals surface area contributed by atoms with Gasteiger partial charge in [0.1, 0.15) is 5.69 Å². The van der Waals surface area contributed by atoms with Crippen molar-refractivity contribution >= 4 is 23.2 Å². The van der Waals surface area contributed by atoms with Gasteiger partial charge in [0.05, 0.1) is 5.56 Å². The number of aromatic nitrogens is 1. The number of nitrogens with one attached hydrogen (secondary N) is 1. The first-order valence-electron chi connectivity index (χ1n) is 6.32. The van der Waals surface area contributed by atoms with Crippen LogP contribution in [-0.4, -0.2) is 30.9 Å². The second kappa shape index (κ2) is 6.04. The molecular formula is C15H16N4O2. The summed E-state index contributed by atoms with van der Waals surface area (Å²) in [5.41, 5.74) is 7.31. The minimum absolute atomic E-state index is 0.127. The number of primary amides is 1. The number of hydrogen-bond acceptors (Lipinski definition) is 4. The van der Waals surface area contributed by atoms with Crippen molar-refractivity contribution in [1.82, 2.24) is 4.98 Å². The lowest BCUT2D eigenvalue weighted by Crippen LogP contribution is -2.16. The van der Waals surface area contributed by atoms with Crippen LogP contribution in [0.1, 0.15) is 20.8 Å². The van der Waals surface area contributed by atoms with Gasteiger partial charge in [0.15, 0.2) is 0 Å². The van der Waals surface area contributed by atoms with E-state index < -0.39 is 5.91 Å². The molecule has 6 nitrogen and oxygen atoms in total. The monoisotopic (exact) mass is 284 g/mol. The molecular weight excluding hydrogens is 268 g/mol. The van der Waals surface area contributed by atoms with Crippen molar-refractivity contribution in [2.24, 2.45) is 5.73 Å². The topological polar surface area (TPSA) is 88.3 Å². The van der Waals surface area contributed by atoms with Gasteiger partial charge < -0.3 is 16.0 Å². The van der Waals surface area contributed by atoms with Crippen LogP contribution in [0.15, 0.2) is 42.6 Å². The zero-order valence-electron chi connectivity index (χ0n) is 11.8. The van der Waals surface area contributed by atoms with E-state index in [1.165, 1.54) is 18.3 Å². The molecule has 21 heavy (non-hydrogen) atoms. The Morgan fingerprint density at radius 3 is 2.24 bits per heavy atom. The first kappa shape index (κ1) is 14.5. The van der Waals surface area contributed by atoms with Crippen molar-refractivity contribution in [3.63, 3.8) is 0 Å². The van der Waals surface area contributed by atoms with Gasteiger partial charge in [0.2, 0.25) is 0 Å². The molecule has 0 aliphatic carbocycles. The van der Waals surface area contributed by atoms with E-state index in [4.69, 9.17) is 5.73 Å². The molecule has 6 heteroatoms. The molecule has 108 valence electrons. The lowest BCUT2D eigenvalue weighted by Gasteiger charge is -2.13. The summed E-state index contributed by atoms with van der Waals surface area (Å²) in [5, 5.41) is 2.76. The highest BCUT2D eigenvalue weighted by atomic mass is 16.2. The Labute approximate surface area is 122 Å². The fraction of sp³-hybridized carbons (Fsp3) is 0.133. The van der Waals surface area contributed by atoms with Gasteiger partial charge in [0.25, 0.3) is 11.8 Å². The third-order valence-corrected chi connectivity index (χ3v) is 2.92. The smallest absolute Gasteiger partial charge is 0.267 e. The Bertz CT molecular complexity index is 648. The number of carbonyl (C=O) groups excluding carboxylic acids is 2. The zero-order chi connectivity index (χ0) is 15.4. The van der Waals surface area contributed by atoms with E-state index in [1.807, 2.05) is 43.3 Å². The Balaban J connectivity index is 2.08. The number of benzene rings is 1. The molecule has 0 bridgehead atoms. The molecule has 3 N–H and O–H groups in total. The fourth-order valence-corrected chi connectivity index (χ4v) is 1.72. The molecule has 0 saturated heterocycles. The Hall–Kier alpha value is -2.89. The average Bonchev–Trinajstić information content (AvgIpc) is 2.47. The Kier molecular flexibility index (Phi) is 4.18. The van der Waals surface area contributed by atoms with Gasteiger partial charge in [0, 0.05) is 31.7 Å². The number of carbonyl (C=O) groups is 2. The Morgan fingerprint density at radius 2 is 1.76 bits per heavy atom. The minimum Gasteiger partial charge on any atom is -0.378 e. The third-order valence-electron chi connectivity index (χ3n) is 2.92. The summed E-state index contributed by atoms with van der Waals surface area (Å²) < 4.78 is 0. The van der Waals surface area contributed by atoms with Crippen LogP contribution in [0, 0.1) is 0 Å². The van der Waals surface area contributed by atoms with Gasteiger partial charge in [-0.15, -0.1) is 0 Å². The normalized spacial score (nSPS) is 10.0. The maximum atomic E-state index is 12.0. The van der Waals surface area contributed by atoms with Gasteiger partial charge in [-0.05, 0) is 36.4 Å². The summed E-state index contributed by atoms with van der Waals surface area (Å²) in [6, 6.07) is 10.4. The number of hydrogen-bond donors (Lipinski definition) is 2. The molecule has 0 unspecified atom stereocenters. The molecule has 0 spiro atoms. The van der Waals surface area contributed by atoms with Crippen LogP contribution in [0.3, 0.4) is 0 Å². The van der Waals surface area contributed by atoms with Crippen LogP contribution in [-0.2, 0) is 0 Å². The lowest BCUT2D eigenvalue weighted by atomic mass is 10.2. The van der Waals surface area contributed by atoms with Gasteiger partial charge in [-0.3, -0.25) is 14.6 Å². The number of anilines is 2. The lowest BCUT2D eigenvalue weighted by molar-refractivity contribution is 0.0990. The van der Waals surface area contributed by atoms with E-state index in [0.717, 1.165) is 5.69 Å². The summed E-state index contributed by atoms with van der Waals surface area (Å²) in [6.07, 6.45) is 1.32. The molecule has 1 aromatic heterocycles. The number of amides is 2. The highest BCUT2D eigenvalue weighted by Crippen LogP contribution is 2.16. The SMILES string of the molecule is CN(C)c1ccc(NC(=O)c2ccc(C(N)=O)nc2)cc1. The molecule has 2 aromatic rings. The molecule has 1 aromatic carbocycles. The van der Waals surface area contributed by atoms with Crippen molar-refractivity contribution in [3.8, 4) is 0 Å². The molecule has 0 radical (unpaired) electrons. The van der Waals surface area contributed by atoms with Crippen LogP contribution in [0.4, 0.5) is 11.4 Å². The van der Waals surface area contributed by atoms with E-state index in [1.54, 1.807) is 0 Å². The van der Waals surface area contributed by atoms with E-state index in [9.17, 15) is 9.59 Å². The standard InChI is InChI=1S/C15H16N4O2/c1-19(2)12-6-4-11(5-7-12)18-15(21)10-3-8-13(14(16)20)17-9-10/h3-9H,1-2H3,(H2,16,20)(H,18,21).